The highest BCUT2D eigenvalue weighted by atomic mass is 35.5. The number of rotatable bonds is 6. The molecule has 7 nitrogen and oxygen atoms in total. The van der Waals surface area contributed by atoms with E-state index in [1.54, 1.807) is 24.1 Å². The normalized spacial score (nSPS) is 19.7. The maximum atomic E-state index is 12.8. The summed E-state index contributed by atoms with van der Waals surface area (Å²) in [6.45, 7) is 2.85. The van der Waals surface area contributed by atoms with Crippen molar-refractivity contribution in [1.29, 1.82) is 0 Å². The van der Waals surface area contributed by atoms with E-state index in [4.69, 9.17) is 5.73 Å². The Balaban J connectivity index is 0.00000280. The van der Waals surface area contributed by atoms with E-state index in [0.717, 1.165) is 38.8 Å². The molecule has 1 aliphatic carbocycles. The van der Waals surface area contributed by atoms with Crippen LogP contribution in [-0.4, -0.2) is 52.7 Å². The molecule has 3 rings (SSSR count). The minimum absolute atomic E-state index is 0. The lowest BCUT2D eigenvalue weighted by atomic mass is 9.71. The summed E-state index contributed by atoms with van der Waals surface area (Å²) < 4.78 is 1.62. The van der Waals surface area contributed by atoms with E-state index in [1.165, 1.54) is 19.3 Å². The van der Waals surface area contributed by atoms with E-state index < -0.39 is 0 Å². The first kappa shape index (κ1) is 22.7. The Morgan fingerprint density at radius 3 is 2.50 bits per heavy atom. The highest BCUT2D eigenvalue weighted by Crippen LogP contribution is 2.39. The smallest absolute Gasteiger partial charge is 0.254 e. The SMILES string of the molecule is Cl.Cn1cc(C(=O)NCC2CCN(C(=O)CC3(CN)CCCCC3)CC2)cn1. The van der Waals surface area contributed by atoms with E-state index in [1.807, 2.05) is 4.90 Å². The number of carbonyl (C=O) groups excluding carboxylic acids is 2. The molecule has 2 amide bonds. The van der Waals surface area contributed by atoms with E-state index in [9.17, 15) is 9.59 Å². The van der Waals surface area contributed by atoms with Crippen LogP contribution in [0.15, 0.2) is 12.4 Å². The number of amides is 2. The molecule has 1 aliphatic heterocycles. The number of carbonyl (C=O) groups is 2. The fraction of sp³-hybridized carbons (Fsp3) is 0.750. The lowest BCUT2D eigenvalue weighted by molar-refractivity contribution is -0.135. The Morgan fingerprint density at radius 2 is 1.93 bits per heavy atom. The molecule has 28 heavy (non-hydrogen) atoms. The van der Waals surface area contributed by atoms with Gasteiger partial charge in [-0.2, -0.15) is 5.10 Å². The first-order chi connectivity index (χ1) is 13.0. The van der Waals surface area contributed by atoms with Crippen LogP contribution in [0.4, 0.5) is 0 Å². The molecule has 1 aromatic rings. The van der Waals surface area contributed by atoms with Crippen molar-refractivity contribution in [3.63, 3.8) is 0 Å². The summed E-state index contributed by atoms with van der Waals surface area (Å²) in [4.78, 5) is 26.9. The zero-order chi connectivity index (χ0) is 19.3. The van der Waals surface area contributed by atoms with Crippen molar-refractivity contribution in [2.75, 3.05) is 26.2 Å². The van der Waals surface area contributed by atoms with E-state index in [-0.39, 0.29) is 29.6 Å². The quantitative estimate of drug-likeness (QED) is 0.749. The summed E-state index contributed by atoms with van der Waals surface area (Å²) in [7, 11) is 1.80. The van der Waals surface area contributed by atoms with Gasteiger partial charge in [-0.3, -0.25) is 14.3 Å². The standard InChI is InChI=1S/C20H33N5O2.ClH/c1-24-14-17(13-23-24)19(27)22-12-16-5-9-25(10-6-16)18(26)11-20(15-21)7-3-2-4-8-20;/h13-14,16H,2-12,15,21H2,1H3,(H,22,27);1H. The summed E-state index contributed by atoms with van der Waals surface area (Å²) in [5.74, 6) is 0.608. The summed E-state index contributed by atoms with van der Waals surface area (Å²) in [5, 5.41) is 7.02. The number of piperidine rings is 1. The highest BCUT2D eigenvalue weighted by molar-refractivity contribution is 5.93. The molecule has 1 aromatic heterocycles. The van der Waals surface area contributed by atoms with Gasteiger partial charge >= 0.3 is 0 Å². The van der Waals surface area contributed by atoms with Crippen LogP contribution in [0.1, 0.15) is 61.7 Å². The van der Waals surface area contributed by atoms with Gasteiger partial charge in [0.25, 0.3) is 5.91 Å². The zero-order valence-corrected chi connectivity index (χ0v) is 17.7. The summed E-state index contributed by atoms with van der Waals surface area (Å²) in [5.41, 5.74) is 6.66. The van der Waals surface area contributed by atoms with Gasteiger partial charge in [-0.25, -0.2) is 0 Å². The summed E-state index contributed by atoms with van der Waals surface area (Å²) >= 11 is 0. The Bertz CT molecular complexity index is 649. The van der Waals surface area contributed by atoms with Gasteiger partial charge in [0.15, 0.2) is 0 Å². The van der Waals surface area contributed by atoms with Gasteiger partial charge < -0.3 is 16.0 Å². The summed E-state index contributed by atoms with van der Waals surface area (Å²) in [6, 6.07) is 0. The topological polar surface area (TPSA) is 93.2 Å². The average molecular weight is 412 g/mol. The Kier molecular flexibility index (Phi) is 8.31. The number of halogens is 1. The van der Waals surface area contributed by atoms with Crippen molar-refractivity contribution in [1.82, 2.24) is 20.0 Å². The fourth-order valence-electron chi connectivity index (χ4n) is 4.45. The van der Waals surface area contributed by atoms with Crippen molar-refractivity contribution in [2.24, 2.45) is 24.1 Å². The highest BCUT2D eigenvalue weighted by Gasteiger charge is 2.35. The lowest BCUT2D eigenvalue weighted by Gasteiger charge is -2.39. The molecule has 2 heterocycles. The predicted octanol–water partition coefficient (Wildman–Crippen LogP) is 2.11. The second-order valence-corrected chi connectivity index (χ2v) is 8.38. The molecule has 1 saturated carbocycles. The number of nitrogens with one attached hydrogen (secondary N) is 1. The largest absolute Gasteiger partial charge is 0.352 e. The third-order valence-electron chi connectivity index (χ3n) is 6.36. The molecule has 0 aromatic carbocycles. The van der Waals surface area contributed by atoms with Crippen molar-refractivity contribution in [2.45, 2.75) is 51.4 Å². The van der Waals surface area contributed by atoms with Crippen LogP contribution in [0, 0.1) is 11.3 Å². The fourth-order valence-corrected chi connectivity index (χ4v) is 4.45. The van der Waals surface area contributed by atoms with Gasteiger partial charge in [-0.1, -0.05) is 19.3 Å². The molecule has 158 valence electrons. The Morgan fingerprint density at radius 1 is 1.25 bits per heavy atom. The number of aryl methyl sites for hydroxylation is 1. The van der Waals surface area contributed by atoms with Crippen LogP contribution in [0.3, 0.4) is 0 Å². The molecule has 0 bridgehead atoms. The van der Waals surface area contributed by atoms with Crippen molar-refractivity contribution in [3.8, 4) is 0 Å². The first-order valence-corrected chi connectivity index (χ1v) is 10.3. The minimum atomic E-state index is -0.0798. The van der Waals surface area contributed by atoms with Crippen LogP contribution in [0.5, 0.6) is 0 Å². The molecule has 0 atom stereocenters. The Labute approximate surface area is 173 Å². The molecular formula is C20H34ClN5O2. The van der Waals surface area contributed by atoms with Crippen molar-refractivity contribution in [3.05, 3.63) is 18.0 Å². The van der Waals surface area contributed by atoms with E-state index in [2.05, 4.69) is 10.4 Å². The zero-order valence-electron chi connectivity index (χ0n) is 16.9. The van der Waals surface area contributed by atoms with Crippen LogP contribution in [0.2, 0.25) is 0 Å². The lowest BCUT2D eigenvalue weighted by Crippen LogP contribution is -2.45. The average Bonchev–Trinajstić information content (AvgIpc) is 3.13. The van der Waals surface area contributed by atoms with Gasteiger partial charge in [0, 0.05) is 39.3 Å². The van der Waals surface area contributed by atoms with Gasteiger partial charge in [0.05, 0.1) is 11.8 Å². The molecule has 8 heteroatoms. The number of aromatic nitrogens is 2. The van der Waals surface area contributed by atoms with Crippen molar-refractivity contribution < 1.29 is 9.59 Å². The van der Waals surface area contributed by atoms with Crippen LogP contribution in [0.25, 0.3) is 0 Å². The van der Waals surface area contributed by atoms with Gasteiger partial charge in [-0.15, -0.1) is 12.4 Å². The molecule has 0 spiro atoms. The molecule has 1 saturated heterocycles. The molecule has 0 radical (unpaired) electrons. The second-order valence-electron chi connectivity index (χ2n) is 8.38. The number of nitrogens with two attached hydrogens (primary N) is 1. The number of hydrogen-bond acceptors (Lipinski definition) is 4. The van der Waals surface area contributed by atoms with Gasteiger partial charge in [-0.05, 0) is 43.6 Å². The molecular weight excluding hydrogens is 378 g/mol. The number of likely N-dealkylation sites (tertiary alicyclic amines) is 1. The molecule has 0 unspecified atom stereocenters. The number of nitrogens with zero attached hydrogens (tertiary/aromatic N) is 3. The van der Waals surface area contributed by atoms with Gasteiger partial charge in [0.2, 0.25) is 5.91 Å². The first-order valence-electron chi connectivity index (χ1n) is 10.3. The Hall–Kier alpha value is -1.60. The van der Waals surface area contributed by atoms with E-state index in [0.29, 0.717) is 31.0 Å². The van der Waals surface area contributed by atoms with E-state index >= 15 is 0 Å². The second kappa shape index (κ2) is 10.3. The predicted molar refractivity (Wildman–Crippen MR) is 111 cm³/mol. The minimum Gasteiger partial charge on any atom is -0.352 e. The van der Waals surface area contributed by atoms with Crippen LogP contribution < -0.4 is 11.1 Å². The third kappa shape index (κ3) is 5.70. The van der Waals surface area contributed by atoms with Gasteiger partial charge in [0.1, 0.15) is 0 Å². The third-order valence-corrected chi connectivity index (χ3v) is 6.36. The maximum absolute atomic E-state index is 12.8. The maximum Gasteiger partial charge on any atom is 0.254 e. The molecule has 2 aliphatic rings. The summed E-state index contributed by atoms with van der Waals surface area (Å²) in [6.07, 6.45) is 11.6. The molecule has 2 fully saturated rings. The number of hydrogen-bond donors (Lipinski definition) is 2. The van der Waals surface area contributed by atoms with Crippen LogP contribution in [-0.2, 0) is 11.8 Å². The molecule has 3 N–H and O–H groups in total. The monoisotopic (exact) mass is 411 g/mol. The van der Waals surface area contributed by atoms with Crippen LogP contribution >= 0.6 is 12.4 Å². The van der Waals surface area contributed by atoms with Crippen molar-refractivity contribution >= 4 is 24.2 Å².